The van der Waals surface area contributed by atoms with E-state index in [2.05, 4.69) is 27.7 Å². The summed E-state index contributed by atoms with van der Waals surface area (Å²) in [6.07, 6.45) is 13.4. The van der Waals surface area contributed by atoms with Gasteiger partial charge in [-0.2, -0.15) is 0 Å². The monoisotopic (exact) mass is 348 g/mol. The SMILES string of the molecule is CC[C@@H]1CC[C@@H](CC)[P+]12CC[P+]1(C2Cl)[C@H](CC)CC[C@H]1C. The minimum absolute atomic E-state index is 0.671. The van der Waals surface area contributed by atoms with Crippen LogP contribution in [-0.4, -0.2) is 39.8 Å². The van der Waals surface area contributed by atoms with Crippen molar-refractivity contribution < 1.29 is 0 Å². The zero-order valence-electron chi connectivity index (χ0n) is 14.5. The smallest absolute Gasteiger partial charge is 0.0616 e. The molecule has 6 atom stereocenters. The van der Waals surface area contributed by atoms with Gasteiger partial charge in [0, 0.05) is 0 Å². The zero-order chi connectivity index (χ0) is 15.3. The van der Waals surface area contributed by atoms with Crippen molar-refractivity contribution in [3.05, 3.63) is 0 Å². The first-order valence-electron chi connectivity index (χ1n) is 9.46. The van der Waals surface area contributed by atoms with E-state index in [1.807, 2.05) is 0 Å². The van der Waals surface area contributed by atoms with Gasteiger partial charge in [-0.3, -0.25) is 0 Å². The second-order valence-corrected chi connectivity index (χ2v) is 18.4. The summed E-state index contributed by atoms with van der Waals surface area (Å²) in [5.74, 6) is 0. The molecule has 3 rings (SSSR count). The van der Waals surface area contributed by atoms with Crippen LogP contribution in [0.3, 0.4) is 0 Å². The van der Waals surface area contributed by atoms with E-state index in [-0.39, 0.29) is 0 Å². The molecule has 0 aromatic heterocycles. The van der Waals surface area contributed by atoms with E-state index in [1.165, 1.54) is 44.9 Å². The molecular weight excluding hydrogens is 314 g/mol. The summed E-state index contributed by atoms with van der Waals surface area (Å²) in [6, 6.07) is 0. The molecule has 0 aromatic rings. The third-order valence-corrected chi connectivity index (χ3v) is 24.2. The molecule has 2 spiro atoms. The van der Waals surface area contributed by atoms with Crippen molar-refractivity contribution in [2.45, 2.75) is 100 Å². The van der Waals surface area contributed by atoms with Crippen molar-refractivity contribution >= 4 is 26.1 Å². The highest BCUT2D eigenvalue weighted by molar-refractivity contribution is 7.99. The molecule has 122 valence electrons. The lowest BCUT2D eigenvalue weighted by molar-refractivity contribution is 0.696. The van der Waals surface area contributed by atoms with Gasteiger partial charge in [-0.25, -0.2) is 0 Å². The largest absolute Gasteiger partial charge is 0.241 e. The van der Waals surface area contributed by atoms with E-state index in [1.54, 1.807) is 12.3 Å². The van der Waals surface area contributed by atoms with Crippen LogP contribution in [-0.2, 0) is 0 Å². The molecule has 3 heteroatoms. The minimum Gasteiger partial charge on any atom is -0.0616 e. The fourth-order valence-corrected chi connectivity index (χ4v) is 27.5. The van der Waals surface area contributed by atoms with Gasteiger partial charge in [0.2, 0.25) is 4.86 Å². The average molecular weight is 349 g/mol. The van der Waals surface area contributed by atoms with Crippen molar-refractivity contribution in [2.75, 3.05) is 12.3 Å². The quantitative estimate of drug-likeness (QED) is 0.385. The Bertz CT molecular complexity index is 373. The molecule has 21 heavy (non-hydrogen) atoms. The van der Waals surface area contributed by atoms with E-state index in [9.17, 15) is 0 Å². The maximum Gasteiger partial charge on any atom is 0.241 e. The Balaban J connectivity index is 1.99. The van der Waals surface area contributed by atoms with Crippen LogP contribution < -0.4 is 0 Å². The van der Waals surface area contributed by atoms with Crippen LogP contribution in [0.5, 0.6) is 0 Å². The lowest BCUT2D eigenvalue weighted by Gasteiger charge is -2.36. The lowest BCUT2D eigenvalue weighted by atomic mass is 10.1. The Kier molecular flexibility index (Phi) is 5.03. The summed E-state index contributed by atoms with van der Waals surface area (Å²) in [4.78, 5) is 0.671. The highest BCUT2D eigenvalue weighted by Crippen LogP contribution is 2.97. The van der Waals surface area contributed by atoms with Crippen LogP contribution in [0.4, 0.5) is 0 Å². The minimum atomic E-state index is -0.897. The molecule has 0 N–H and O–H groups in total. The predicted molar refractivity (Wildman–Crippen MR) is 103 cm³/mol. The predicted octanol–water partition coefficient (Wildman–Crippen LogP) is 6.87. The Morgan fingerprint density at radius 3 is 1.71 bits per heavy atom. The zero-order valence-corrected chi connectivity index (χ0v) is 17.1. The fourth-order valence-electron chi connectivity index (χ4n) is 6.53. The summed E-state index contributed by atoms with van der Waals surface area (Å²) < 4.78 is 0. The van der Waals surface area contributed by atoms with Crippen molar-refractivity contribution in [2.24, 2.45) is 0 Å². The normalized spacial score (nSPS) is 48.7. The molecule has 3 aliphatic heterocycles. The molecule has 0 saturated carbocycles. The molecule has 2 unspecified atom stereocenters. The van der Waals surface area contributed by atoms with Crippen LogP contribution >= 0.6 is 26.1 Å². The molecule has 0 aromatic carbocycles. The maximum absolute atomic E-state index is 7.55. The Hall–Kier alpha value is 1.15. The van der Waals surface area contributed by atoms with Crippen LogP contribution in [0.25, 0.3) is 0 Å². The highest BCUT2D eigenvalue weighted by atomic mass is 35.5. The summed E-state index contributed by atoms with van der Waals surface area (Å²) in [5, 5.41) is 0. The lowest BCUT2D eigenvalue weighted by Crippen LogP contribution is -2.24. The van der Waals surface area contributed by atoms with E-state index in [0.717, 1.165) is 22.6 Å². The standard InChI is InChI=1S/C18H35ClP2/c1-5-15-9-8-14(4)20(15)12-13-21(18(20)19)16(6-2)10-11-17(21)7-3/h14-18H,5-13H2,1-4H3/q+2/t14-,15-,16-,17-,18?,20?/m1/s1. The summed E-state index contributed by atoms with van der Waals surface area (Å²) in [5.41, 5.74) is 4.09. The van der Waals surface area contributed by atoms with Gasteiger partial charge in [0.1, 0.15) is 0 Å². The average Bonchev–Trinajstić information content (AvgIpc) is 3.12. The third-order valence-electron chi connectivity index (χ3n) is 7.69. The van der Waals surface area contributed by atoms with Crippen molar-refractivity contribution in [3.8, 4) is 0 Å². The van der Waals surface area contributed by atoms with Crippen molar-refractivity contribution in [1.82, 2.24) is 0 Å². The van der Waals surface area contributed by atoms with Crippen molar-refractivity contribution in [3.63, 3.8) is 0 Å². The third kappa shape index (κ3) is 2.14. The number of rotatable bonds is 3. The number of halogens is 1. The van der Waals surface area contributed by atoms with Gasteiger partial charge in [-0.05, 0) is 63.5 Å². The maximum atomic E-state index is 7.55. The summed E-state index contributed by atoms with van der Waals surface area (Å²) in [7, 11) is -1.79. The molecule has 0 radical (unpaired) electrons. The molecule has 0 amide bonds. The molecule has 3 saturated heterocycles. The molecule has 3 heterocycles. The number of alkyl halides is 1. The van der Waals surface area contributed by atoms with Gasteiger partial charge in [0.25, 0.3) is 0 Å². The van der Waals surface area contributed by atoms with Crippen LogP contribution in [0.2, 0.25) is 0 Å². The van der Waals surface area contributed by atoms with Crippen molar-refractivity contribution in [1.29, 1.82) is 0 Å². The second-order valence-electron chi connectivity index (χ2n) is 7.94. The van der Waals surface area contributed by atoms with Gasteiger partial charge < -0.3 is 0 Å². The number of hydrogen-bond donors (Lipinski definition) is 0. The number of hydrogen-bond acceptors (Lipinski definition) is 0. The van der Waals surface area contributed by atoms with E-state index in [4.69, 9.17) is 11.6 Å². The van der Waals surface area contributed by atoms with E-state index in [0.29, 0.717) is 4.86 Å². The molecule has 3 fully saturated rings. The molecule has 0 aliphatic carbocycles. The Morgan fingerprint density at radius 1 is 0.762 bits per heavy atom. The van der Waals surface area contributed by atoms with Crippen LogP contribution in [0.15, 0.2) is 0 Å². The first-order chi connectivity index (χ1) is 10.1. The molecule has 0 nitrogen and oxygen atoms in total. The van der Waals surface area contributed by atoms with Gasteiger partial charge >= 0.3 is 0 Å². The van der Waals surface area contributed by atoms with Crippen LogP contribution in [0.1, 0.15) is 72.6 Å². The Labute approximate surface area is 138 Å². The van der Waals surface area contributed by atoms with E-state index < -0.39 is 14.5 Å². The Morgan fingerprint density at radius 2 is 1.19 bits per heavy atom. The van der Waals surface area contributed by atoms with E-state index >= 15 is 0 Å². The molecule has 0 bridgehead atoms. The van der Waals surface area contributed by atoms with Gasteiger partial charge in [0.15, 0.2) is 0 Å². The highest BCUT2D eigenvalue weighted by Gasteiger charge is 2.77. The molecule has 3 aliphatic rings. The first-order valence-corrected chi connectivity index (χ1v) is 14.3. The van der Waals surface area contributed by atoms with Crippen LogP contribution in [0, 0.1) is 0 Å². The summed E-state index contributed by atoms with van der Waals surface area (Å²) in [6.45, 7) is 9.93. The molecular formula is C18H35ClP2+2. The second kappa shape index (κ2) is 6.22. The fraction of sp³-hybridized carbons (Fsp3) is 1.00. The van der Waals surface area contributed by atoms with Gasteiger partial charge in [-0.15, -0.1) is 0 Å². The summed E-state index contributed by atoms with van der Waals surface area (Å²) >= 11 is 7.55. The topological polar surface area (TPSA) is 0 Å². The van der Waals surface area contributed by atoms with Gasteiger partial charge in [0.05, 0.1) is 49.5 Å². The van der Waals surface area contributed by atoms with Gasteiger partial charge in [-0.1, -0.05) is 20.8 Å². The first kappa shape index (κ1) is 17.0.